The highest BCUT2D eigenvalue weighted by Gasteiger charge is 2.17. The maximum atomic E-state index is 10.6. The van der Waals surface area contributed by atoms with Crippen molar-refractivity contribution in [2.24, 2.45) is 5.10 Å². The molecule has 0 radical (unpaired) electrons. The number of carbonyl (C=O) groups excluding carboxylic acids is 1. The van der Waals surface area contributed by atoms with Gasteiger partial charge in [0.05, 0.1) is 20.3 Å². The molecule has 0 unspecified atom stereocenters. The summed E-state index contributed by atoms with van der Waals surface area (Å²) in [6, 6.07) is 0. The van der Waals surface area contributed by atoms with Gasteiger partial charge in [0.2, 0.25) is 11.8 Å². The molecule has 1 heterocycles. The smallest absolute Gasteiger partial charge is 0.240 e. The second-order valence-corrected chi connectivity index (χ2v) is 2.55. The Labute approximate surface area is 86.3 Å². The van der Waals surface area contributed by atoms with E-state index in [1.54, 1.807) is 0 Å². The van der Waals surface area contributed by atoms with Crippen molar-refractivity contribution in [2.45, 2.75) is 0 Å². The number of hydrogen-bond acceptors (Lipinski definition) is 7. The fraction of sp³-hybridized carbons (Fsp3) is 0.429. The Kier molecular flexibility index (Phi) is 3.21. The molecule has 1 N–H and O–H groups in total. The van der Waals surface area contributed by atoms with Crippen LogP contribution in [0.25, 0.3) is 0 Å². The van der Waals surface area contributed by atoms with Gasteiger partial charge >= 0.3 is 0 Å². The summed E-state index contributed by atoms with van der Waals surface area (Å²) in [7, 11) is 4.09. The highest BCUT2D eigenvalue weighted by molar-refractivity contribution is 5.88. The van der Waals surface area contributed by atoms with Crippen molar-refractivity contribution in [3.05, 3.63) is 12.0 Å². The molecule has 84 valence electrons. The van der Waals surface area contributed by atoms with Crippen LogP contribution in [0.4, 0.5) is 4.79 Å². The van der Waals surface area contributed by atoms with Crippen molar-refractivity contribution in [1.29, 1.82) is 0 Å². The van der Waals surface area contributed by atoms with Gasteiger partial charge in [-0.25, -0.2) is 10.4 Å². The number of nitrogens with one attached hydrogen (secondary N) is 1. The Morgan fingerprint density at radius 1 is 1.60 bits per heavy atom. The van der Waals surface area contributed by atoms with E-state index in [4.69, 9.17) is 9.47 Å². The molecule has 0 bridgehead atoms. The monoisotopic (exact) mass is 215 g/mol. The van der Waals surface area contributed by atoms with Crippen LogP contribution >= 0.6 is 0 Å². The van der Waals surface area contributed by atoms with Crippen LogP contribution in [-0.2, 0) is 9.47 Å². The minimum absolute atomic E-state index is 0.207. The van der Waals surface area contributed by atoms with E-state index in [9.17, 15) is 9.90 Å². The van der Waals surface area contributed by atoms with Gasteiger partial charge in [-0.3, -0.25) is 0 Å². The first-order valence-corrected chi connectivity index (χ1v) is 3.98. The number of hydrogen-bond donors (Lipinski definition) is 1. The highest BCUT2D eigenvalue weighted by atomic mass is 16.5. The maximum absolute atomic E-state index is 10.6. The predicted octanol–water partition coefficient (Wildman–Crippen LogP) is -1.56. The summed E-state index contributed by atoms with van der Waals surface area (Å²) in [6.45, 7) is 0. The van der Waals surface area contributed by atoms with Crippen LogP contribution in [0.3, 0.4) is 0 Å². The number of hydrazone groups is 1. The van der Waals surface area contributed by atoms with E-state index in [1.165, 1.54) is 27.3 Å². The number of ether oxygens (including phenoxy) is 2. The van der Waals surface area contributed by atoms with Crippen LogP contribution in [0.5, 0.6) is 0 Å². The number of rotatable bonds is 2. The Balaban J connectivity index is 2.82. The van der Waals surface area contributed by atoms with E-state index in [2.05, 4.69) is 10.5 Å². The summed E-state index contributed by atoms with van der Waals surface area (Å²) in [6.07, 6.45) is 0.0543. The van der Waals surface area contributed by atoms with Crippen LogP contribution < -0.4 is 10.5 Å². The molecule has 8 nitrogen and oxygen atoms in total. The minimum Gasteiger partial charge on any atom is -0.529 e. The zero-order chi connectivity index (χ0) is 11.4. The molecule has 0 fully saturated rings. The first kappa shape index (κ1) is 11.0. The molecule has 1 amide bonds. The quantitative estimate of drug-likeness (QED) is 0.599. The van der Waals surface area contributed by atoms with E-state index in [0.717, 1.165) is 10.2 Å². The fourth-order valence-electron chi connectivity index (χ4n) is 0.814. The lowest BCUT2D eigenvalue weighted by Gasteiger charge is -2.33. The van der Waals surface area contributed by atoms with Gasteiger partial charge in [0.25, 0.3) is 0 Å². The Bertz CT molecular complexity index is 314. The average Bonchev–Trinajstić information content (AvgIpc) is 2.27. The highest BCUT2D eigenvalue weighted by Crippen LogP contribution is 2.05. The molecular formula is C7H11N4O4-. The second kappa shape index (κ2) is 4.40. The van der Waals surface area contributed by atoms with E-state index < -0.39 is 6.09 Å². The number of carboxylic acid groups (broad SMARTS) is 1. The number of methoxy groups -OCH3 is 2. The Hall–Kier alpha value is -2.12. The SMILES string of the molecule is COC1=CC(OC)=NN(N(C)C(=O)[O-])N1. The molecule has 1 aliphatic heterocycles. The zero-order valence-corrected chi connectivity index (χ0v) is 8.55. The zero-order valence-electron chi connectivity index (χ0n) is 8.55. The van der Waals surface area contributed by atoms with Gasteiger partial charge in [-0.05, 0) is 0 Å². The number of carbonyl (C=O) groups is 1. The van der Waals surface area contributed by atoms with Crippen molar-refractivity contribution >= 4 is 12.0 Å². The summed E-state index contributed by atoms with van der Waals surface area (Å²) in [4.78, 5) is 10.6. The third-order valence-corrected chi connectivity index (χ3v) is 1.64. The summed E-state index contributed by atoms with van der Waals surface area (Å²) in [5.41, 5.74) is 2.56. The third-order valence-electron chi connectivity index (χ3n) is 1.64. The molecule has 1 rings (SSSR count). The summed E-state index contributed by atoms with van der Waals surface area (Å²) < 4.78 is 9.75. The van der Waals surface area contributed by atoms with Gasteiger partial charge in [-0.1, -0.05) is 10.3 Å². The summed E-state index contributed by atoms with van der Waals surface area (Å²) in [5.74, 6) is 0.508. The predicted molar refractivity (Wildman–Crippen MR) is 47.7 cm³/mol. The van der Waals surface area contributed by atoms with Crippen LogP contribution in [-0.4, -0.2) is 43.5 Å². The first-order chi connectivity index (χ1) is 7.08. The van der Waals surface area contributed by atoms with Gasteiger partial charge in [-0.2, -0.15) is 0 Å². The van der Waals surface area contributed by atoms with E-state index >= 15 is 0 Å². The van der Waals surface area contributed by atoms with E-state index in [1.807, 2.05) is 0 Å². The lowest BCUT2D eigenvalue weighted by Crippen LogP contribution is -2.54. The molecule has 1 aliphatic rings. The molecule has 0 atom stereocenters. The lowest BCUT2D eigenvalue weighted by atomic mass is 10.5. The van der Waals surface area contributed by atoms with Crippen molar-refractivity contribution in [3.63, 3.8) is 0 Å². The van der Waals surface area contributed by atoms with Gasteiger partial charge in [0, 0.05) is 7.05 Å². The fourth-order valence-corrected chi connectivity index (χ4v) is 0.814. The lowest BCUT2D eigenvalue weighted by molar-refractivity contribution is -0.282. The maximum Gasteiger partial charge on any atom is 0.240 e. The van der Waals surface area contributed by atoms with Crippen molar-refractivity contribution in [2.75, 3.05) is 21.3 Å². The topological polar surface area (TPSA) is 89.5 Å². The van der Waals surface area contributed by atoms with E-state index in [0.29, 0.717) is 5.88 Å². The molecular weight excluding hydrogens is 204 g/mol. The molecule has 0 saturated heterocycles. The van der Waals surface area contributed by atoms with Gasteiger partial charge in [-0.15, -0.1) is 0 Å². The van der Waals surface area contributed by atoms with Crippen molar-refractivity contribution in [3.8, 4) is 0 Å². The molecule has 0 saturated carbocycles. The normalized spacial score (nSPS) is 14.7. The summed E-state index contributed by atoms with van der Waals surface area (Å²) >= 11 is 0. The third kappa shape index (κ3) is 2.42. The molecule has 0 aromatic rings. The first-order valence-electron chi connectivity index (χ1n) is 3.98. The van der Waals surface area contributed by atoms with Gasteiger partial charge in [0.15, 0.2) is 6.09 Å². The molecule has 0 aliphatic carbocycles. The Morgan fingerprint density at radius 2 is 2.27 bits per heavy atom. The van der Waals surface area contributed by atoms with Crippen LogP contribution in [0.1, 0.15) is 0 Å². The van der Waals surface area contributed by atoms with Crippen LogP contribution in [0, 0.1) is 0 Å². The molecule has 0 aromatic carbocycles. The number of nitrogens with zero attached hydrogens (tertiary/aromatic N) is 3. The van der Waals surface area contributed by atoms with Crippen LogP contribution in [0.2, 0.25) is 0 Å². The standard InChI is InChI=1S/C7H12N4O4/c1-10(7(12)13)11-8-5(14-2)4-6(9-11)15-3/h4,8H,1-3H3,(H,12,13)/p-1. The van der Waals surface area contributed by atoms with Gasteiger partial charge in [0.1, 0.15) is 0 Å². The molecule has 8 heteroatoms. The van der Waals surface area contributed by atoms with E-state index in [-0.39, 0.29) is 5.90 Å². The second-order valence-electron chi connectivity index (χ2n) is 2.55. The van der Waals surface area contributed by atoms with Gasteiger partial charge < -0.3 is 19.4 Å². The number of hydrazine groups is 2. The molecule has 0 spiro atoms. The van der Waals surface area contributed by atoms with Crippen molar-refractivity contribution in [1.82, 2.24) is 15.7 Å². The van der Waals surface area contributed by atoms with Crippen molar-refractivity contribution < 1.29 is 19.4 Å². The molecule has 0 aromatic heterocycles. The Morgan fingerprint density at radius 3 is 2.73 bits per heavy atom. The molecule has 15 heavy (non-hydrogen) atoms. The number of amides is 1. The average molecular weight is 215 g/mol. The largest absolute Gasteiger partial charge is 0.529 e. The summed E-state index contributed by atoms with van der Waals surface area (Å²) in [5, 5.41) is 16.0. The van der Waals surface area contributed by atoms with Crippen LogP contribution in [0.15, 0.2) is 17.1 Å². The minimum atomic E-state index is -1.42.